The molecule has 0 bridgehead atoms. The average Bonchev–Trinajstić information content (AvgIpc) is 2.87. The molecule has 1 unspecified atom stereocenters. The second-order valence-electron chi connectivity index (χ2n) is 4.98. The number of nitrogen functional groups attached to an aromatic ring is 1. The fourth-order valence-corrected chi connectivity index (χ4v) is 4.12. The smallest absolute Gasteiger partial charge is 0.182 e. The first-order chi connectivity index (χ1) is 9.55. The first kappa shape index (κ1) is 13.0. The van der Waals surface area contributed by atoms with Crippen LogP contribution in [0.1, 0.15) is 18.9 Å². The molecule has 1 saturated heterocycles. The molecule has 0 aliphatic carbocycles. The van der Waals surface area contributed by atoms with Crippen LogP contribution >= 0.6 is 0 Å². The van der Waals surface area contributed by atoms with Crippen LogP contribution in [0, 0.1) is 0 Å². The molecule has 2 N–H and O–H groups in total. The normalized spacial score (nSPS) is 21.7. The van der Waals surface area contributed by atoms with Crippen molar-refractivity contribution in [3.05, 3.63) is 24.3 Å². The SMILES string of the molecule is Nc1ccc(-c2nnnn2C2CCCS(=O)(=O)C2)cc1. The lowest BCUT2D eigenvalue weighted by Gasteiger charge is -2.22. The third-order valence-corrected chi connectivity index (χ3v) is 5.25. The summed E-state index contributed by atoms with van der Waals surface area (Å²) in [5.41, 5.74) is 7.14. The summed E-state index contributed by atoms with van der Waals surface area (Å²) < 4.78 is 25.1. The van der Waals surface area contributed by atoms with Crippen LogP contribution in [-0.4, -0.2) is 40.1 Å². The molecule has 0 spiro atoms. The van der Waals surface area contributed by atoms with E-state index < -0.39 is 9.84 Å². The number of aromatic nitrogens is 4. The quantitative estimate of drug-likeness (QED) is 0.816. The second kappa shape index (κ2) is 4.86. The molecule has 106 valence electrons. The zero-order valence-corrected chi connectivity index (χ0v) is 11.6. The minimum absolute atomic E-state index is 0.0972. The Morgan fingerprint density at radius 2 is 2.00 bits per heavy atom. The number of hydrogen-bond donors (Lipinski definition) is 1. The zero-order chi connectivity index (χ0) is 14.2. The van der Waals surface area contributed by atoms with Gasteiger partial charge >= 0.3 is 0 Å². The van der Waals surface area contributed by atoms with Gasteiger partial charge in [-0.05, 0) is 47.5 Å². The Bertz CT molecular complexity index is 708. The highest BCUT2D eigenvalue weighted by molar-refractivity contribution is 7.91. The summed E-state index contributed by atoms with van der Waals surface area (Å²) in [6.45, 7) is 0. The van der Waals surface area contributed by atoms with Crippen molar-refractivity contribution < 1.29 is 8.42 Å². The number of anilines is 1. The largest absolute Gasteiger partial charge is 0.399 e. The first-order valence-corrected chi connectivity index (χ1v) is 8.21. The van der Waals surface area contributed by atoms with E-state index in [4.69, 9.17) is 5.73 Å². The van der Waals surface area contributed by atoms with Gasteiger partial charge in [-0.2, -0.15) is 0 Å². The van der Waals surface area contributed by atoms with E-state index in [1.54, 1.807) is 16.8 Å². The maximum Gasteiger partial charge on any atom is 0.182 e. The van der Waals surface area contributed by atoms with Crippen LogP contribution in [-0.2, 0) is 9.84 Å². The highest BCUT2D eigenvalue weighted by Gasteiger charge is 2.28. The molecule has 1 aromatic carbocycles. The number of nitrogens with zero attached hydrogens (tertiary/aromatic N) is 4. The Kier molecular flexibility index (Phi) is 3.17. The third kappa shape index (κ3) is 2.51. The number of hydrogen-bond acceptors (Lipinski definition) is 6. The molecule has 1 aliphatic heterocycles. The van der Waals surface area contributed by atoms with Crippen molar-refractivity contribution in [2.24, 2.45) is 0 Å². The van der Waals surface area contributed by atoms with Crippen LogP contribution in [0.2, 0.25) is 0 Å². The lowest BCUT2D eigenvalue weighted by atomic mass is 10.1. The first-order valence-electron chi connectivity index (χ1n) is 6.39. The van der Waals surface area contributed by atoms with E-state index in [9.17, 15) is 8.42 Å². The van der Waals surface area contributed by atoms with Crippen molar-refractivity contribution in [2.75, 3.05) is 17.2 Å². The van der Waals surface area contributed by atoms with Gasteiger partial charge in [-0.25, -0.2) is 13.1 Å². The summed E-state index contributed by atoms with van der Waals surface area (Å²) in [7, 11) is -3.00. The maximum absolute atomic E-state index is 11.8. The minimum Gasteiger partial charge on any atom is -0.399 e. The molecule has 1 aromatic heterocycles. The zero-order valence-electron chi connectivity index (χ0n) is 10.8. The minimum atomic E-state index is -3.00. The standard InChI is InChI=1S/C12H15N5O2S/c13-10-5-3-9(4-6-10)12-14-15-16-17(12)11-2-1-7-20(18,19)8-11/h3-6,11H,1-2,7-8,13H2. The highest BCUT2D eigenvalue weighted by atomic mass is 32.2. The number of tetrazole rings is 1. The fourth-order valence-electron chi connectivity index (χ4n) is 2.45. The van der Waals surface area contributed by atoms with Gasteiger partial charge in [-0.15, -0.1) is 5.10 Å². The lowest BCUT2D eigenvalue weighted by Crippen LogP contribution is -2.28. The van der Waals surface area contributed by atoms with E-state index in [2.05, 4.69) is 15.5 Å². The van der Waals surface area contributed by atoms with Gasteiger partial charge in [0, 0.05) is 11.3 Å². The van der Waals surface area contributed by atoms with E-state index in [0.29, 0.717) is 17.9 Å². The Morgan fingerprint density at radius 1 is 1.25 bits per heavy atom. The molecule has 7 nitrogen and oxygen atoms in total. The van der Waals surface area contributed by atoms with Crippen molar-refractivity contribution in [2.45, 2.75) is 18.9 Å². The molecule has 8 heteroatoms. The van der Waals surface area contributed by atoms with Gasteiger partial charge in [0.2, 0.25) is 0 Å². The molecule has 0 radical (unpaired) electrons. The predicted octanol–water partition coefficient (Wildman–Crippen LogP) is 0.672. The third-order valence-electron chi connectivity index (χ3n) is 3.45. The van der Waals surface area contributed by atoms with Crippen LogP contribution in [0.3, 0.4) is 0 Å². The van der Waals surface area contributed by atoms with E-state index in [0.717, 1.165) is 12.0 Å². The van der Waals surface area contributed by atoms with Gasteiger partial charge in [-0.1, -0.05) is 0 Å². The van der Waals surface area contributed by atoms with Crippen molar-refractivity contribution in [1.29, 1.82) is 0 Å². The Hall–Kier alpha value is -1.96. The molecule has 1 fully saturated rings. The molecule has 20 heavy (non-hydrogen) atoms. The molecule has 2 heterocycles. The van der Waals surface area contributed by atoms with Crippen LogP contribution in [0.25, 0.3) is 11.4 Å². The maximum atomic E-state index is 11.8. The summed E-state index contributed by atoms with van der Waals surface area (Å²) >= 11 is 0. The van der Waals surface area contributed by atoms with Crippen molar-refractivity contribution in [3.63, 3.8) is 0 Å². The molecular formula is C12H15N5O2S. The molecule has 2 aromatic rings. The summed E-state index contributed by atoms with van der Waals surface area (Å²) in [6, 6.07) is 7.00. The van der Waals surface area contributed by atoms with Crippen LogP contribution in [0.5, 0.6) is 0 Å². The molecule has 3 rings (SSSR count). The van der Waals surface area contributed by atoms with E-state index in [1.807, 2.05) is 12.1 Å². The number of benzene rings is 1. The van der Waals surface area contributed by atoms with Crippen LogP contribution in [0.15, 0.2) is 24.3 Å². The van der Waals surface area contributed by atoms with Gasteiger partial charge in [0.1, 0.15) is 0 Å². The summed E-state index contributed by atoms with van der Waals surface area (Å²) in [6.07, 6.45) is 1.42. The average molecular weight is 293 g/mol. The molecular weight excluding hydrogens is 278 g/mol. The Morgan fingerprint density at radius 3 is 2.70 bits per heavy atom. The molecule has 0 amide bonds. The highest BCUT2D eigenvalue weighted by Crippen LogP contribution is 2.27. The van der Waals surface area contributed by atoms with Gasteiger partial charge < -0.3 is 5.73 Å². The van der Waals surface area contributed by atoms with Crippen molar-refractivity contribution in [1.82, 2.24) is 20.2 Å². The number of rotatable bonds is 2. The topological polar surface area (TPSA) is 104 Å². The molecule has 1 aliphatic rings. The monoisotopic (exact) mass is 293 g/mol. The predicted molar refractivity (Wildman–Crippen MR) is 74.6 cm³/mol. The fraction of sp³-hybridized carbons (Fsp3) is 0.417. The van der Waals surface area contributed by atoms with Gasteiger partial charge in [0.25, 0.3) is 0 Å². The van der Waals surface area contributed by atoms with Crippen LogP contribution in [0.4, 0.5) is 5.69 Å². The van der Waals surface area contributed by atoms with Crippen molar-refractivity contribution >= 4 is 15.5 Å². The Labute approximate surface area is 116 Å². The number of sulfone groups is 1. The number of nitrogens with two attached hydrogens (primary N) is 1. The van der Waals surface area contributed by atoms with E-state index in [-0.39, 0.29) is 17.5 Å². The molecule has 1 atom stereocenters. The molecule has 0 saturated carbocycles. The van der Waals surface area contributed by atoms with E-state index in [1.165, 1.54) is 0 Å². The summed E-state index contributed by atoms with van der Waals surface area (Å²) in [4.78, 5) is 0. The summed E-state index contributed by atoms with van der Waals surface area (Å²) in [5.74, 6) is 0.926. The van der Waals surface area contributed by atoms with E-state index >= 15 is 0 Å². The lowest BCUT2D eigenvalue weighted by molar-refractivity contribution is 0.429. The van der Waals surface area contributed by atoms with Crippen LogP contribution < -0.4 is 5.73 Å². The van der Waals surface area contributed by atoms with Gasteiger partial charge in [-0.3, -0.25) is 0 Å². The van der Waals surface area contributed by atoms with Gasteiger partial charge in [0.15, 0.2) is 15.7 Å². The van der Waals surface area contributed by atoms with Gasteiger partial charge in [0.05, 0.1) is 17.5 Å². The van der Waals surface area contributed by atoms with Crippen molar-refractivity contribution in [3.8, 4) is 11.4 Å². The Balaban J connectivity index is 1.96. The second-order valence-corrected chi connectivity index (χ2v) is 7.21. The summed E-state index contributed by atoms with van der Waals surface area (Å²) in [5, 5.41) is 11.7.